The maximum Gasteiger partial charge on any atom is 0.343 e. The number of carbonyl (C=O) groups is 2. The van der Waals surface area contributed by atoms with Gasteiger partial charge in [-0.25, -0.2) is 9.59 Å². The van der Waals surface area contributed by atoms with Crippen molar-refractivity contribution >= 4 is 23.5 Å². The van der Waals surface area contributed by atoms with Crippen molar-refractivity contribution < 1.29 is 24.2 Å². The van der Waals surface area contributed by atoms with Crippen LogP contribution in [-0.4, -0.2) is 23.7 Å². The molecule has 0 heterocycles. The summed E-state index contributed by atoms with van der Waals surface area (Å²) in [7, 11) is 0. The standard InChI is InChI=1S/C20H21ClO5/c1-2-3-4-5-12-25-16-9-6-14(7-10-16)20(24)26-18-11-8-15(21)13-17(18)19(22)23/h6-11,13H,2-5,12H2,1H3,(H,22,23). The summed E-state index contributed by atoms with van der Waals surface area (Å²) in [5, 5.41) is 9.43. The molecule has 2 aromatic rings. The van der Waals surface area contributed by atoms with Crippen molar-refractivity contribution in [2.45, 2.75) is 32.6 Å². The molecule has 138 valence electrons. The van der Waals surface area contributed by atoms with Crippen LogP contribution in [0.15, 0.2) is 42.5 Å². The Balaban J connectivity index is 1.97. The van der Waals surface area contributed by atoms with Gasteiger partial charge in [-0.1, -0.05) is 37.8 Å². The van der Waals surface area contributed by atoms with Crippen LogP contribution in [0.1, 0.15) is 53.3 Å². The van der Waals surface area contributed by atoms with E-state index in [1.165, 1.54) is 31.0 Å². The molecule has 0 aliphatic carbocycles. The van der Waals surface area contributed by atoms with E-state index in [4.69, 9.17) is 21.1 Å². The molecule has 0 radical (unpaired) electrons. The Bertz CT molecular complexity index is 755. The Kier molecular flexibility index (Phi) is 7.48. The van der Waals surface area contributed by atoms with Crippen LogP contribution >= 0.6 is 11.6 Å². The van der Waals surface area contributed by atoms with Gasteiger partial charge in [-0.05, 0) is 48.9 Å². The Morgan fingerprint density at radius 3 is 2.42 bits per heavy atom. The lowest BCUT2D eigenvalue weighted by atomic mass is 10.2. The van der Waals surface area contributed by atoms with Gasteiger partial charge in [0.1, 0.15) is 17.1 Å². The molecule has 2 rings (SSSR count). The third-order valence-electron chi connectivity index (χ3n) is 3.73. The molecule has 0 aliphatic heterocycles. The number of rotatable bonds is 9. The van der Waals surface area contributed by atoms with Gasteiger partial charge in [-0.3, -0.25) is 0 Å². The Hall–Kier alpha value is -2.53. The van der Waals surface area contributed by atoms with Crippen LogP contribution in [0, 0.1) is 0 Å². The first kappa shape index (κ1) is 19.8. The highest BCUT2D eigenvalue weighted by atomic mass is 35.5. The fraction of sp³-hybridized carbons (Fsp3) is 0.300. The van der Waals surface area contributed by atoms with Crippen LogP contribution in [0.5, 0.6) is 11.5 Å². The van der Waals surface area contributed by atoms with Gasteiger partial charge in [0.2, 0.25) is 0 Å². The van der Waals surface area contributed by atoms with Gasteiger partial charge in [0.15, 0.2) is 0 Å². The van der Waals surface area contributed by atoms with Crippen LogP contribution in [0.3, 0.4) is 0 Å². The molecule has 6 heteroatoms. The smallest absolute Gasteiger partial charge is 0.343 e. The van der Waals surface area contributed by atoms with Crippen molar-refractivity contribution in [1.29, 1.82) is 0 Å². The molecule has 0 saturated heterocycles. The Morgan fingerprint density at radius 1 is 1.04 bits per heavy atom. The summed E-state index contributed by atoms with van der Waals surface area (Å²) in [6.07, 6.45) is 4.49. The van der Waals surface area contributed by atoms with E-state index >= 15 is 0 Å². The van der Waals surface area contributed by atoms with Gasteiger partial charge >= 0.3 is 11.9 Å². The lowest BCUT2D eigenvalue weighted by molar-refractivity contribution is 0.0681. The average Bonchev–Trinajstić information content (AvgIpc) is 2.63. The second-order valence-electron chi connectivity index (χ2n) is 5.77. The summed E-state index contributed by atoms with van der Waals surface area (Å²) < 4.78 is 10.8. The molecule has 5 nitrogen and oxygen atoms in total. The molecule has 26 heavy (non-hydrogen) atoms. The van der Waals surface area contributed by atoms with Crippen LogP contribution in [0.4, 0.5) is 0 Å². The summed E-state index contributed by atoms with van der Waals surface area (Å²) in [5.41, 5.74) is 0.132. The number of ether oxygens (including phenoxy) is 2. The molecular formula is C20H21ClO5. The number of unbranched alkanes of at least 4 members (excludes halogenated alkanes) is 3. The summed E-state index contributed by atoms with van der Waals surface area (Å²) in [4.78, 5) is 23.5. The number of hydrogen-bond acceptors (Lipinski definition) is 4. The van der Waals surface area contributed by atoms with Crippen molar-refractivity contribution in [3.63, 3.8) is 0 Å². The highest BCUT2D eigenvalue weighted by Gasteiger charge is 2.16. The van der Waals surface area contributed by atoms with Crippen molar-refractivity contribution in [2.75, 3.05) is 6.61 Å². The van der Waals surface area contributed by atoms with Gasteiger partial charge in [0.25, 0.3) is 0 Å². The minimum absolute atomic E-state index is 0.0526. The molecule has 0 spiro atoms. The van der Waals surface area contributed by atoms with Crippen molar-refractivity contribution in [1.82, 2.24) is 0 Å². The number of carbonyl (C=O) groups excluding carboxylic acids is 1. The molecule has 0 amide bonds. The minimum atomic E-state index is -1.22. The number of carboxylic acids is 1. The molecule has 0 bridgehead atoms. The summed E-state index contributed by atoms with van der Waals surface area (Å²) in [6, 6.07) is 10.6. The SMILES string of the molecule is CCCCCCOc1ccc(C(=O)Oc2ccc(Cl)cc2C(=O)O)cc1. The van der Waals surface area contributed by atoms with Gasteiger partial charge in [0.05, 0.1) is 12.2 Å². The second-order valence-corrected chi connectivity index (χ2v) is 6.21. The molecule has 0 saturated carbocycles. The lowest BCUT2D eigenvalue weighted by Crippen LogP contribution is -2.11. The Labute approximate surface area is 157 Å². The van der Waals surface area contributed by atoms with Crippen LogP contribution in [0.2, 0.25) is 5.02 Å². The zero-order valence-corrected chi connectivity index (χ0v) is 15.3. The lowest BCUT2D eigenvalue weighted by Gasteiger charge is -2.09. The maximum atomic E-state index is 12.2. The van der Waals surface area contributed by atoms with Gasteiger partial charge in [0, 0.05) is 5.02 Å². The molecule has 0 atom stereocenters. The maximum absolute atomic E-state index is 12.2. The molecule has 0 aromatic heterocycles. The predicted molar refractivity (Wildman–Crippen MR) is 99.4 cm³/mol. The molecule has 0 unspecified atom stereocenters. The van der Waals surface area contributed by atoms with E-state index in [-0.39, 0.29) is 16.3 Å². The first-order chi connectivity index (χ1) is 12.5. The fourth-order valence-corrected chi connectivity index (χ4v) is 2.50. The topological polar surface area (TPSA) is 72.8 Å². The number of carboxylic acid groups (broad SMARTS) is 1. The zero-order valence-electron chi connectivity index (χ0n) is 14.5. The summed E-state index contributed by atoms with van der Waals surface area (Å²) >= 11 is 5.78. The molecule has 1 N–H and O–H groups in total. The number of benzene rings is 2. The minimum Gasteiger partial charge on any atom is -0.494 e. The monoisotopic (exact) mass is 376 g/mol. The quantitative estimate of drug-likeness (QED) is 0.369. The second kappa shape index (κ2) is 9.82. The van der Waals surface area contributed by atoms with E-state index in [0.29, 0.717) is 17.9 Å². The third kappa shape index (κ3) is 5.77. The molecule has 0 fully saturated rings. The van der Waals surface area contributed by atoms with Gasteiger partial charge < -0.3 is 14.6 Å². The van der Waals surface area contributed by atoms with Crippen LogP contribution in [-0.2, 0) is 0 Å². The predicted octanol–water partition coefficient (Wildman–Crippen LogP) is 5.22. The van der Waals surface area contributed by atoms with E-state index in [9.17, 15) is 14.7 Å². The third-order valence-corrected chi connectivity index (χ3v) is 3.97. The first-order valence-corrected chi connectivity index (χ1v) is 8.87. The van der Waals surface area contributed by atoms with Crippen molar-refractivity contribution in [3.8, 4) is 11.5 Å². The van der Waals surface area contributed by atoms with Crippen molar-refractivity contribution in [3.05, 3.63) is 58.6 Å². The van der Waals surface area contributed by atoms with Crippen molar-refractivity contribution in [2.24, 2.45) is 0 Å². The van der Waals surface area contributed by atoms with E-state index in [1.54, 1.807) is 24.3 Å². The van der Waals surface area contributed by atoms with Crippen LogP contribution < -0.4 is 9.47 Å². The van der Waals surface area contributed by atoms with Gasteiger partial charge in [-0.15, -0.1) is 0 Å². The average molecular weight is 377 g/mol. The van der Waals surface area contributed by atoms with E-state index in [0.717, 1.165) is 12.8 Å². The normalized spacial score (nSPS) is 10.4. The number of aromatic carboxylic acids is 1. The number of esters is 1. The fourth-order valence-electron chi connectivity index (χ4n) is 2.32. The number of hydrogen-bond donors (Lipinski definition) is 1. The summed E-state index contributed by atoms with van der Waals surface area (Å²) in [6.45, 7) is 2.79. The highest BCUT2D eigenvalue weighted by Crippen LogP contribution is 2.24. The van der Waals surface area contributed by atoms with Crippen LogP contribution in [0.25, 0.3) is 0 Å². The summed E-state index contributed by atoms with van der Waals surface area (Å²) in [5.74, 6) is -1.25. The Morgan fingerprint density at radius 2 is 1.77 bits per heavy atom. The first-order valence-electron chi connectivity index (χ1n) is 8.49. The molecule has 2 aromatic carbocycles. The van der Waals surface area contributed by atoms with Gasteiger partial charge in [-0.2, -0.15) is 0 Å². The van der Waals surface area contributed by atoms with E-state index in [1.807, 2.05) is 0 Å². The van der Waals surface area contributed by atoms with E-state index < -0.39 is 11.9 Å². The molecular weight excluding hydrogens is 356 g/mol. The molecule has 0 aliphatic rings. The highest BCUT2D eigenvalue weighted by molar-refractivity contribution is 6.31. The zero-order chi connectivity index (χ0) is 18.9. The number of halogens is 1. The van der Waals surface area contributed by atoms with E-state index in [2.05, 4.69) is 6.92 Å². The largest absolute Gasteiger partial charge is 0.494 e.